The first-order valence-corrected chi connectivity index (χ1v) is 11.2. The molecular formula is C23H25ClN2O2S. The Labute approximate surface area is 178 Å². The van der Waals surface area contributed by atoms with Gasteiger partial charge in [0.15, 0.2) is 0 Å². The number of aryl methyl sites for hydroxylation is 2. The molecule has 0 radical (unpaired) electrons. The van der Waals surface area contributed by atoms with E-state index in [1.165, 1.54) is 12.1 Å². The number of nitrogens with one attached hydrogen (secondary N) is 1. The Hall–Kier alpha value is -2.34. The second kappa shape index (κ2) is 8.99. The van der Waals surface area contributed by atoms with Crippen LogP contribution < -0.4 is 9.62 Å². The fourth-order valence-electron chi connectivity index (χ4n) is 3.56. The van der Waals surface area contributed by atoms with Crippen molar-refractivity contribution in [3.8, 4) is 0 Å². The van der Waals surface area contributed by atoms with Gasteiger partial charge >= 0.3 is 0 Å². The van der Waals surface area contributed by atoms with E-state index in [9.17, 15) is 8.42 Å². The number of benzene rings is 3. The molecule has 0 aromatic heterocycles. The minimum absolute atomic E-state index is 0.168. The molecule has 0 aliphatic heterocycles. The van der Waals surface area contributed by atoms with Crippen LogP contribution in [0.1, 0.15) is 22.7 Å². The van der Waals surface area contributed by atoms with Crippen LogP contribution in [0.25, 0.3) is 0 Å². The first-order valence-electron chi connectivity index (χ1n) is 9.39. The summed E-state index contributed by atoms with van der Waals surface area (Å²) in [5.41, 5.74) is 4.44. The highest BCUT2D eigenvalue weighted by molar-refractivity contribution is 7.89. The Morgan fingerprint density at radius 3 is 2.07 bits per heavy atom. The lowest BCUT2D eigenvalue weighted by molar-refractivity contribution is 0.567. The summed E-state index contributed by atoms with van der Waals surface area (Å²) in [7, 11) is -1.65. The van der Waals surface area contributed by atoms with Gasteiger partial charge in [0.25, 0.3) is 0 Å². The number of sulfonamides is 1. The molecule has 0 heterocycles. The van der Waals surface area contributed by atoms with Gasteiger partial charge in [0.1, 0.15) is 0 Å². The van der Waals surface area contributed by atoms with Gasteiger partial charge in [-0.25, -0.2) is 13.1 Å². The van der Waals surface area contributed by atoms with Crippen molar-refractivity contribution in [1.82, 2.24) is 4.72 Å². The predicted molar refractivity (Wildman–Crippen MR) is 120 cm³/mol. The average molecular weight is 429 g/mol. The summed E-state index contributed by atoms with van der Waals surface area (Å²) in [6, 6.07) is 22.1. The van der Waals surface area contributed by atoms with Crippen molar-refractivity contribution in [2.75, 3.05) is 18.5 Å². The molecule has 0 fully saturated rings. The third kappa shape index (κ3) is 4.99. The van der Waals surface area contributed by atoms with E-state index < -0.39 is 10.0 Å². The molecule has 0 spiro atoms. The van der Waals surface area contributed by atoms with Crippen LogP contribution in [0.15, 0.2) is 77.7 Å². The predicted octanol–water partition coefficient (Wildman–Crippen LogP) is 5.11. The Morgan fingerprint density at radius 1 is 0.897 bits per heavy atom. The molecule has 0 aliphatic carbocycles. The van der Waals surface area contributed by atoms with E-state index in [2.05, 4.69) is 35.6 Å². The summed E-state index contributed by atoms with van der Waals surface area (Å²) < 4.78 is 28.4. The van der Waals surface area contributed by atoms with E-state index >= 15 is 0 Å². The summed E-state index contributed by atoms with van der Waals surface area (Å²) in [6.07, 6.45) is 0. The van der Waals surface area contributed by atoms with Crippen LogP contribution in [-0.2, 0) is 10.0 Å². The number of hydrogen-bond donors (Lipinski definition) is 1. The van der Waals surface area contributed by atoms with Gasteiger partial charge in [0.05, 0.1) is 10.9 Å². The Balaban J connectivity index is 1.92. The largest absolute Gasteiger partial charge is 0.366 e. The minimum Gasteiger partial charge on any atom is -0.366 e. The van der Waals surface area contributed by atoms with Crippen LogP contribution in [0.2, 0.25) is 5.02 Å². The second-order valence-electron chi connectivity index (χ2n) is 7.08. The van der Waals surface area contributed by atoms with E-state index in [-0.39, 0.29) is 17.5 Å². The number of halogens is 1. The first-order chi connectivity index (χ1) is 13.8. The van der Waals surface area contributed by atoms with Crippen LogP contribution in [0.4, 0.5) is 5.69 Å². The summed E-state index contributed by atoms with van der Waals surface area (Å²) in [5.74, 6) is 0. The van der Waals surface area contributed by atoms with Crippen molar-refractivity contribution in [1.29, 1.82) is 0 Å². The zero-order valence-corrected chi connectivity index (χ0v) is 18.3. The zero-order chi connectivity index (χ0) is 21.0. The van der Waals surface area contributed by atoms with Gasteiger partial charge < -0.3 is 4.90 Å². The number of rotatable bonds is 7. The van der Waals surface area contributed by atoms with Crippen LogP contribution in [0.3, 0.4) is 0 Å². The highest BCUT2D eigenvalue weighted by atomic mass is 35.5. The number of hydrogen-bond acceptors (Lipinski definition) is 3. The first kappa shape index (κ1) is 21.4. The van der Waals surface area contributed by atoms with Crippen molar-refractivity contribution >= 4 is 27.3 Å². The molecule has 0 aliphatic rings. The van der Waals surface area contributed by atoms with Gasteiger partial charge in [-0.05, 0) is 54.8 Å². The van der Waals surface area contributed by atoms with Crippen LogP contribution in [0, 0.1) is 13.8 Å². The summed E-state index contributed by atoms with van der Waals surface area (Å²) in [4.78, 5) is 2.34. The molecule has 0 amide bonds. The monoisotopic (exact) mass is 428 g/mol. The third-order valence-corrected chi connectivity index (χ3v) is 6.73. The molecule has 152 valence electrons. The summed E-state index contributed by atoms with van der Waals surface area (Å²) >= 11 is 5.89. The zero-order valence-electron chi connectivity index (χ0n) is 16.8. The van der Waals surface area contributed by atoms with Gasteiger partial charge in [-0.1, -0.05) is 60.1 Å². The molecule has 0 unspecified atom stereocenters. The van der Waals surface area contributed by atoms with Gasteiger partial charge in [0, 0.05) is 24.3 Å². The molecule has 4 nitrogen and oxygen atoms in total. The lowest BCUT2D eigenvalue weighted by Crippen LogP contribution is -2.36. The van der Waals surface area contributed by atoms with Crippen LogP contribution >= 0.6 is 11.6 Å². The maximum atomic E-state index is 12.8. The quantitative estimate of drug-likeness (QED) is 0.568. The highest BCUT2D eigenvalue weighted by Crippen LogP contribution is 2.31. The Bertz CT molecular complexity index is 1050. The van der Waals surface area contributed by atoms with Gasteiger partial charge in [-0.3, -0.25) is 0 Å². The van der Waals surface area contributed by atoms with Crippen LogP contribution in [0.5, 0.6) is 0 Å². The maximum Gasteiger partial charge on any atom is 0.240 e. The molecule has 29 heavy (non-hydrogen) atoms. The van der Waals surface area contributed by atoms with Crippen molar-refractivity contribution in [2.24, 2.45) is 0 Å². The van der Waals surface area contributed by atoms with Crippen LogP contribution in [-0.4, -0.2) is 22.0 Å². The molecule has 0 saturated carbocycles. The molecule has 3 aromatic carbocycles. The molecule has 3 rings (SSSR count). The minimum atomic E-state index is -3.65. The lowest BCUT2D eigenvalue weighted by atomic mass is 10.0. The van der Waals surface area contributed by atoms with Crippen molar-refractivity contribution < 1.29 is 8.42 Å². The van der Waals surface area contributed by atoms with Gasteiger partial charge in [-0.2, -0.15) is 0 Å². The van der Waals surface area contributed by atoms with E-state index in [1.807, 2.05) is 43.4 Å². The molecule has 6 heteroatoms. The fraction of sp³-hybridized carbons (Fsp3) is 0.217. The number of para-hydroxylation sites is 1. The summed E-state index contributed by atoms with van der Waals surface area (Å²) in [5, 5.41) is 0.501. The molecule has 1 atom stereocenters. The lowest BCUT2D eigenvalue weighted by Gasteiger charge is -2.33. The van der Waals surface area contributed by atoms with E-state index in [0.29, 0.717) is 5.02 Å². The second-order valence-corrected chi connectivity index (χ2v) is 9.29. The average Bonchev–Trinajstić information content (AvgIpc) is 2.69. The normalized spacial score (nSPS) is 12.6. The molecular weight excluding hydrogens is 404 g/mol. The Morgan fingerprint density at radius 2 is 1.48 bits per heavy atom. The van der Waals surface area contributed by atoms with Crippen molar-refractivity contribution in [3.63, 3.8) is 0 Å². The standard InChI is InChI=1S/C23H25ClN2O2S/c1-17-8-7-9-18(2)23(17)26(3)22(19-10-5-4-6-11-19)16-25-29(27,28)21-14-12-20(24)13-15-21/h4-15,22,25H,16H2,1-3H3/t22-/m1/s1. The topological polar surface area (TPSA) is 49.4 Å². The molecule has 0 bridgehead atoms. The van der Waals surface area contributed by atoms with E-state index in [1.54, 1.807) is 12.1 Å². The van der Waals surface area contributed by atoms with Gasteiger partial charge in [0.2, 0.25) is 10.0 Å². The van der Waals surface area contributed by atoms with Crippen molar-refractivity contribution in [2.45, 2.75) is 24.8 Å². The Kier molecular flexibility index (Phi) is 6.63. The molecule has 3 aromatic rings. The number of nitrogens with zero attached hydrogens (tertiary/aromatic N) is 1. The van der Waals surface area contributed by atoms with Crippen molar-refractivity contribution in [3.05, 3.63) is 94.5 Å². The number of anilines is 1. The molecule has 1 N–H and O–H groups in total. The summed E-state index contributed by atoms with van der Waals surface area (Å²) in [6.45, 7) is 4.37. The smallest absolute Gasteiger partial charge is 0.240 e. The maximum absolute atomic E-state index is 12.8. The van der Waals surface area contributed by atoms with E-state index in [4.69, 9.17) is 11.6 Å². The third-order valence-electron chi connectivity index (χ3n) is 5.03. The fourth-order valence-corrected chi connectivity index (χ4v) is 4.72. The number of likely N-dealkylation sites (N-methyl/N-ethyl adjacent to an activating group) is 1. The SMILES string of the molecule is Cc1cccc(C)c1N(C)[C@H](CNS(=O)(=O)c1ccc(Cl)cc1)c1ccccc1. The van der Waals surface area contributed by atoms with Gasteiger partial charge in [-0.15, -0.1) is 0 Å². The highest BCUT2D eigenvalue weighted by Gasteiger charge is 2.23. The van der Waals surface area contributed by atoms with E-state index in [0.717, 1.165) is 22.4 Å². The molecule has 0 saturated heterocycles.